The Bertz CT molecular complexity index is 831. The van der Waals surface area contributed by atoms with Gasteiger partial charge in [0, 0.05) is 24.2 Å². The van der Waals surface area contributed by atoms with Gasteiger partial charge in [-0.2, -0.15) is 0 Å². The number of amides is 1. The number of benzene rings is 1. The van der Waals surface area contributed by atoms with E-state index < -0.39 is 0 Å². The second-order valence-corrected chi connectivity index (χ2v) is 4.48. The molecule has 1 aromatic carbocycles. The molecule has 0 unspecified atom stereocenters. The largest absolute Gasteiger partial charge is 0.382 e. The van der Waals surface area contributed by atoms with Gasteiger partial charge in [0.2, 0.25) is 0 Å². The lowest BCUT2D eigenvalue weighted by atomic mass is 10.1. The first kappa shape index (κ1) is 13.0. The summed E-state index contributed by atoms with van der Waals surface area (Å²) in [5.41, 5.74) is 8.04. The Morgan fingerprint density at radius 2 is 2.00 bits per heavy atom. The first-order chi connectivity index (χ1) is 10.2. The molecule has 0 radical (unpaired) electrons. The summed E-state index contributed by atoms with van der Waals surface area (Å²) in [5.74, 6) is -0.262. The van der Waals surface area contributed by atoms with Crippen molar-refractivity contribution in [2.75, 3.05) is 12.8 Å². The number of pyridine rings is 1. The molecule has 3 aromatic rings. The van der Waals surface area contributed by atoms with Gasteiger partial charge in [0.05, 0.1) is 17.4 Å². The summed E-state index contributed by atoms with van der Waals surface area (Å²) in [5, 5.41) is 3.49. The molecule has 0 saturated heterocycles. The number of hydrogen-bond donors (Lipinski definition) is 2. The third-order valence-electron chi connectivity index (χ3n) is 3.13. The molecular weight excluding hydrogens is 266 g/mol. The zero-order chi connectivity index (χ0) is 14.8. The van der Waals surface area contributed by atoms with Crippen molar-refractivity contribution in [1.29, 1.82) is 0 Å². The monoisotopic (exact) mass is 279 g/mol. The summed E-state index contributed by atoms with van der Waals surface area (Å²) >= 11 is 0. The van der Waals surface area contributed by atoms with Crippen molar-refractivity contribution in [3.63, 3.8) is 0 Å². The van der Waals surface area contributed by atoms with Crippen molar-refractivity contribution in [3.05, 3.63) is 48.4 Å². The lowest BCUT2D eigenvalue weighted by Gasteiger charge is -2.06. The number of carbonyl (C=O) groups excluding carboxylic acids is 1. The van der Waals surface area contributed by atoms with Crippen molar-refractivity contribution < 1.29 is 4.79 Å². The number of anilines is 1. The number of nitrogens with two attached hydrogens (primary N) is 1. The summed E-state index contributed by atoms with van der Waals surface area (Å²) in [6.07, 6.45) is 3.24. The SMILES string of the molecule is CNC(=O)c1nc(-c2cnc3ccccc3c2)cnc1N. The summed E-state index contributed by atoms with van der Waals surface area (Å²) in [7, 11) is 1.52. The number of nitrogens with one attached hydrogen (secondary N) is 1. The minimum atomic E-state index is -0.365. The van der Waals surface area contributed by atoms with Gasteiger partial charge in [-0.25, -0.2) is 9.97 Å². The number of rotatable bonds is 2. The van der Waals surface area contributed by atoms with Gasteiger partial charge >= 0.3 is 0 Å². The van der Waals surface area contributed by atoms with Gasteiger partial charge in [-0.05, 0) is 12.1 Å². The molecule has 0 aliphatic heterocycles. The Hall–Kier alpha value is -3.02. The van der Waals surface area contributed by atoms with Gasteiger partial charge in [0.15, 0.2) is 11.5 Å². The van der Waals surface area contributed by atoms with Gasteiger partial charge in [-0.15, -0.1) is 0 Å². The normalized spacial score (nSPS) is 10.5. The summed E-state index contributed by atoms with van der Waals surface area (Å²) < 4.78 is 0. The second kappa shape index (κ2) is 5.16. The van der Waals surface area contributed by atoms with Crippen molar-refractivity contribution in [1.82, 2.24) is 20.3 Å². The molecule has 21 heavy (non-hydrogen) atoms. The van der Waals surface area contributed by atoms with E-state index in [0.29, 0.717) is 5.69 Å². The number of fused-ring (bicyclic) bond motifs is 1. The average Bonchev–Trinajstić information content (AvgIpc) is 2.54. The van der Waals surface area contributed by atoms with E-state index in [2.05, 4.69) is 20.3 Å². The van der Waals surface area contributed by atoms with Crippen molar-refractivity contribution in [2.45, 2.75) is 0 Å². The van der Waals surface area contributed by atoms with Crippen LogP contribution in [-0.4, -0.2) is 27.9 Å². The highest BCUT2D eigenvalue weighted by Crippen LogP contribution is 2.21. The third kappa shape index (κ3) is 2.38. The highest BCUT2D eigenvalue weighted by atomic mass is 16.1. The maximum atomic E-state index is 11.7. The fraction of sp³-hybridized carbons (Fsp3) is 0.0667. The van der Waals surface area contributed by atoms with Crippen LogP contribution < -0.4 is 11.1 Å². The topological polar surface area (TPSA) is 93.8 Å². The molecule has 2 aromatic heterocycles. The Labute approximate surface area is 121 Å². The molecular formula is C15H13N5O. The van der Waals surface area contributed by atoms with Crippen LogP contribution in [0.5, 0.6) is 0 Å². The molecule has 0 aliphatic carbocycles. The molecule has 3 rings (SSSR count). The first-order valence-electron chi connectivity index (χ1n) is 6.39. The van der Waals surface area contributed by atoms with E-state index in [1.807, 2.05) is 30.3 Å². The second-order valence-electron chi connectivity index (χ2n) is 4.48. The predicted octanol–water partition coefficient (Wildman–Crippen LogP) is 1.63. The average molecular weight is 279 g/mol. The Morgan fingerprint density at radius 1 is 1.19 bits per heavy atom. The van der Waals surface area contributed by atoms with Crippen LogP contribution in [0.25, 0.3) is 22.2 Å². The van der Waals surface area contributed by atoms with Gasteiger partial charge in [0.1, 0.15) is 0 Å². The molecule has 0 bridgehead atoms. The molecule has 0 saturated carbocycles. The zero-order valence-corrected chi connectivity index (χ0v) is 11.4. The van der Waals surface area contributed by atoms with E-state index >= 15 is 0 Å². The Morgan fingerprint density at radius 3 is 2.81 bits per heavy atom. The molecule has 2 heterocycles. The van der Waals surface area contributed by atoms with Crippen LogP contribution in [0.2, 0.25) is 0 Å². The van der Waals surface area contributed by atoms with Gasteiger partial charge < -0.3 is 11.1 Å². The van der Waals surface area contributed by atoms with E-state index in [-0.39, 0.29) is 17.4 Å². The maximum Gasteiger partial charge on any atom is 0.273 e. The fourth-order valence-electron chi connectivity index (χ4n) is 2.03. The molecule has 0 aliphatic rings. The molecule has 6 nitrogen and oxygen atoms in total. The minimum absolute atomic E-state index is 0.104. The quantitative estimate of drug-likeness (QED) is 0.743. The van der Waals surface area contributed by atoms with Crippen LogP contribution in [0.1, 0.15) is 10.5 Å². The van der Waals surface area contributed by atoms with Gasteiger partial charge in [0.25, 0.3) is 5.91 Å². The highest BCUT2D eigenvalue weighted by Gasteiger charge is 2.13. The van der Waals surface area contributed by atoms with Crippen molar-refractivity contribution in [2.24, 2.45) is 0 Å². The third-order valence-corrected chi connectivity index (χ3v) is 3.13. The van der Waals surface area contributed by atoms with E-state index in [9.17, 15) is 4.79 Å². The van der Waals surface area contributed by atoms with Crippen LogP contribution in [0.4, 0.5) is 5.82 Å². The zero-order valence-electron chi connectivity index (χ0n) is 11.4. The standard InChI is InChI=1S/C15H13N5O/c1-17-15(21)13-14(16)19-8-12(20-13)10-6-9-4-2-3-5-11(9)18-7-10/h2-8H,1H3,(H2,16,19)(H,17,21). The van der Waals surface area contributed by atoms with E-state index in [1.165, 1.54) is 13.2 Å². The van der Waals surface area contributed by atoms with Gasteiger partial charge in [-0.1, -0.05) is 18.2 Å². The molecule has 6 heteroatoms. The summed E-state index contributed by atoms with van der Waals surface area (Å²) in [6.45, 7) is 0. The van der Waals surface area contributed by atoms with Crippen LogP contribution >= 0.6 is 0 Å². The number of nitrogen functional groups attached to an aromatic ring is 1. The number of hydrogen-bond acceptors (Lipinski definition) is 5. The van der Waals surface area contributed by atoms with E-state index in [1.54, 1.807) is 6.20 Å². The smallest absolute Gasteiger partial charge is 0.273 e. The van der Waals surface area contributed by atoms with E-state index in [4.69, 9.17) is 5.73 Å². The predicted molar refractivity (Wildman–Crippen MR) is 80.6 cm³/mol. The molecule has 1 amide bonds. The Kier molecular flexibility index (Phi) is 3.19. The molecule has 3 N–H and O–H groups in total. The van der Waals surface area contributed by atoms with Crippen LogP contribution in [0.15, 0.2) is 42.7 Å². The minimum Gasteiger partial charge on any atom is -0.382 e. The van der Waals surface area contributed by atoms with Crippen LogP contribution in [-0.2, 0) is 0 Å². The van der Waals surface area contributed by atoms with Crippen LogP contribution in [0, 0.1) is 0 Å². The molecule has 104 valence electrons. The first-order valence-corrected chi connectivity index (χ1v) is 6.39. The number of aromatic nitrogens is 3. The lowest BCUT2D eigenvalue weighted by molar-refractivity contribution is 0.0959. The Balaban J connectivity index is 2.12. The number of carbonyl (C=O) groups is 1. The highest BCUT2D eigenvalue weighted by molar-refractivity contribution is 5.96. The van der Waals surface area contributed by atoms with Crippen LogP contribution in [0.3, 0.4) is 0 Å². The van der Waals surface area contributed by atoms with Crippen molar-refractivity contribution in [3.8, 4) is 11.3 Å². The lowest BCUT2D eigenvalue weighted by Crippen LogP contribution is -2.21. The molecule has 0 spiro atoms. The van der Waals surface area contributed by atoms with E-state index in [0.717, 1.165) is 16.5 Å². The number of nitrogens with zero attached hydrogens (tertiary/aromatic N) is 3. The van der Waals surface area contributed by atoms with Crippen molar-refractivity contribution >= 4 is 22.6 Å². The maximum absolute atomic E-state index is 11.7. The summed E-state index contributed by atoms with van der Waals surface area (Å²) in [6, 6.07) is 9.73. The van der Waals surface area contributed by atoms with Gasteiger partial charge in [-0.3, -0.25) is 9.78 Å². The number of para-hydroxylation sites is 1. The fourth-order valence-corrected chi connectivity index (χ4v) is 2.03. The molecule has 0 atom stereocenters. The summed E-state index contributed by atoms with van der Waals surface area (Å²) in [4.78, 5) is 24.4. The molecule has 0 fully saturated rings.